The second-order valence-corrected chi connectivity index (χ2v) is 4.59. The van der Waals surface area contributed by atoms with Gasteiger partial charge in [-0.15, -0.1) is 0 Å². The van der Waals surface area contributed by atoms with Gasteiger partial charge in [0.25, 0.3) is 11.8 Å². The molecule has 5 nitrogen and oxygen atoms in total. The Hall–Kier alpha value is -3.22. The molecule has 0 saturated heterocycles. The van der Waals surface area contributed by atoms with Gasteiger partial charge in [-0.05, 0) is 35.9 Å². The molecule has 2 amide bonds. The van der Waals surface area contributed by atoms with Gasteiger partial charge in [-0.2, -0.15) is 8.78 Å². The van der Waals surface area contributed by atoms with Crippen molar-refractivity contribution >= 4 is 17.9 Å². The Labute approximate surface area is 136 Å². The van der Waals surface area contributed by atoms with Crippen molar-refractivity contribution in [3.05, 3.63) is 71.8 Å². The Morgan fingerprint density at radius 1 is 0.958 bits per heavy atom. The lowest BCUT2D eigenvalue weighted by Crippen LogP contribution is -2.40. The normalized spacial score (nSPS) is 10.6. The van der Waals surface area contributed by atoms with Crippen molar-refractivity contribution < 1.29 is 23.1 Å². The van der Waals surface area contributed by atoms with E-state index in [9.17, 15) is 18.4 Å². The Morgan fingerprint density at radius 2 is 1.62 bits per heavy atom. The zero-order chi connectivity index (χ0) is 17.4. The summed E-state index contributed by atoms with van der Waals surface area (Å²) >= 11 is 0. The number of benzene rings is 2. The highest BCUT2D eigenvalue weighted by molar-refractivity contribution is 5.97. The summed E-state index contributed by atoms with van der Waals surface area (Å²) in [5.41, 5.74) is 5.54. The first-order valence-corrected chi connectivity index (χ1v) is 6.93. The molecule has 0 radical (unpaired) electrons. The van der Waals surface area contributed by atoms with E-state index in [-0.39, 0.29) is 5.75 Å². The molecule has 0 spiro atoms. The molecule has 0 atom stereocenters. The number of alkyl halides is 2. The summed E-state index contributed by atoms with van der Waals surface area (Å²) in [7, 11) is 0. The van der Waals surface area contributed by atoms with Gasteiger partial charge in [0, 0.05) is 11.6 Å². The van der Waals surface area contributed by atoms with E-state index in [4.69, 9.17) is 0 Å². The van der Waals surface area contributed by atoms with Crippen LogP contribution in [0.5, 0.6) is 5.75 Å². The summed E-state index contributed by atoms with van der Waals surface area (Å²) in [6.45, 7) is -2.88. The number of nitrogens with one attached hydrogen (secondary N) is 2. The fraction of sp³-hybridized carbons (Fsp3) is 0.0588. The van der Waals surface area contributed by atoms with Crippen LogP contribution in [-0.4, -0.2) is 18.4 Å². The van der Waals surface area contributed by atoms with Crippen LogP contribution in [0.1, 0.15) is 15.9 Å². The highest BCUT2D eigenvalue weighted by Crippen LogP contribution is 2.15. The number of carbonyl (C=O) groups is 2. The lowest BCUT2D eigenvalue weighted by Gasteiger charge is -2.05. The SMILES string of the molecule is O=C(/C=C/c1ccc(OC(F)F)cc1)NNC(=O)c1ccccc1. The van der Waals surface area contributed by atoms with Crippen molar-refractivity contribution in [2.45, 2.75) is 6.61 Å². The van der Waals surface area contributed by atoms with Crippen LogP contribution in [0.15, 0.2) is 60.7 Å². The molecule has 7 heteroatoms. The van der Waals surface area contributed by atoms with Crippen LogP contribution >= 0.6 is 0 Å². The Morgan fingerprint density at radius 3 is 2.25 bits per heavy atom. The van der Waals surface area contributed by atoms with Gasteiger partial charge in [-0.25, -0.2) is 0 Å². The third kappa shape index (κ3) is 5.53. The Balaban J connectivity index is 1.83. The molecule has 2 aromatic carbocycles. The number of hydrogen-bond acceptors (Lipinski definition) is 3. The predicted octanol–water partition coefficient (Wildman–Crippen LogP) is 2.76. The number of rotatable bonds is 5. The average Bonchev–Trinajstić information content (AvgIpc) is 2.59. The lowest BCUT2D eigenvalue weighted by atomic mass is 10.2. The smallest absolute Gasteiger partial charge is 0.387 e. The monoisotopic (exact) mass is 332 g/mol. The minimum absolute atomic E-state index is 0.0294. The maximum atomic E-state index is 12.0. The predicted molar refractivity (Wildman–Crippen MR) is 84.2 cm³/mol. The average molecular weight is 332 g/mol. The van der Waals surface area contributed by atoms with Gasteiger partial charge in [0.15, 0.2) is 0 Å². The highest BCUT2D eigenvalue weighted by atomic mass is 19.3. The maximum Gasteiger partial charge on any atom is 0.387 e. The largest absolute Gasteiger partial charge is 0.435 e. The van der Waals surface area contributed by atoms with E-state index >= 15 is 0 Å². The van der Waals surface area contributed by atoms with E-state index in [1.54, 1.807) is 30.3 Å². The molecule has 0 aliphatic heterocycles. The van der Waals surface area contributed by atoms with Gasteiger partial charge in [-0.1, -0.05) is 30.3 Å². The molecule has 24 heavy (non-hydrogen) atoms. The molecule has 0 unspecified atom stereocenters. The fourth-order valence-corrected chi connectivity index (χ4v) is 1.75. The quantitative estimate of drug-likeness (QED) is 0.653. The summed E-state index contributed by atoms with van der Waals surface area (Å²) in [5.74, 6) is -0.945. The molecule has 0 fully saturated rings. The first-order valence-electron chi connectivity index (χ1n) is 6.93. The van der Waals surface area contributed by atoms with Gasteiger partial charge in [-0.3, -0.25) is 20.4 Å². The van der Waals surface area contributed by atoms with Gasteiger partial charge in [0.2, 0.25) is 0 Å². The zero-order valence-electron chi connectivity index (χ0n) is 12.4. The molecule has 0 aromatic heterocycles. The number of carbonyl (C=O) groups excluding carboxylic acids is 2. The third-order valence-corrected chi connectivity index (χ3v) is 2.87. The van der Waals surface area contributed by atoms with Crippen LogP contribution in [0.2, 0.25) is 0 Å². The first kappa shape index (κ1) is 17.1. The first-order chi connectivity index (χ1) is 11.5. The molecular formula is C17H14F2N2O3. The maximum absolute atomic E-state index is 12.0. The zero-order valence-corrected chi connectivity index (χ0v) is 12.4. The third-order valence-electron chi connectivity index (χ3n) is 2.87. The van der Waals surface area contributed by atoms with Gasteiger partial charge in [0.05, 0.1) is 0 Å². The van der Waals surface area contributed by atoms with E-state index in [2.05, 4.69) is 15.6 Å². The van der Waals surface area contributed by atoms with Crippen LogP contribution in [0.25, 0.3) is 6.08 Å². The summed E-state index contributed by atoms with van der Waals surface area (Å²) < 4.78 is 28.3. The minimum atomic E-state index is -2.88. The lowest BCUT2D eigenvalue weighted by molar-refractivity contribution is -0.117. The van der Waals surface area contributed by atoms with Gasteiger partial charge >= 0.3 is 6.61 Å². The minimum Gasteiger partial charge on any atom is -0.435 e. The fourth-order valence-electron chi connectivity index (χ4n) is 1.75. The van der Waals surface area contributed by atoms with Gasteiger partial charge < -0.3 is 4.74 Å². The number of halogens is 2. The van der Waals surface area contributed by atoms with Crippen LogP contribution < -0.4 is 15.6 Å². The molecule has 2 N–H and O–H groups in total. The summed E-state index contributed by atoms with van der Waals surface area (Å²) in [6.07, 6.45) is 2.67. The van der Waals surface area contributed by atoms with Crippen LogP contribution in [0.3, 0.4) is 0 Å². The topological polar surface area (TPSA) is 67.4 Å². The van der Waals surface area contributed by atoms with E-state index in [1.165, 1.54) is 36.4 Å². The highest BCUT2D eigenvalue weighted by Gasteiger charge is 2.05. The number of hydrazine groups is 1. The van der Waals surface area contributed by atoms with E-state index in [0.29, 0.717) is 11.1 Å². The van der Waals surface area contributed by atoms with E-state index < -0.39 is 18.4 Å². The second-order valence-electron chi connectivity index (χ2n) is 4.59. The van der Waals surface area contributed by atoms with E-state index in [0.717, 1.165) is 0 Å². The van der Waals surface area contributed by atoms with Crippen molar-refractivity contribution in [3.63, 3.8) is 0 Å². The Kier molecular flexibility index (Phi) is 6.01. The molecule has 2 rings (SSSR count). The van der Waals surface area contributed by atoms with Crippen LogP contribution in [0, 0.1) is 0 Å². The summed E-state index contributed by atoms with van der Waals surface area (Å²) in [6, 6.07) is 14.2. The standard InChI is InChI=1S/C17H14F2N2O3/c18-17(19)24-14-9-6-12(7-10-14)8-11-15(22)20-21-16(23)13-4-2-1-3-5-13/h1-11,17H,(H,20,22)(H,21,23)/b11-8+. The van der Waals surface area contributed by atoms with Crippen molar-refractivity contribution in [1.82, 2.24) is 10.9 Å². The van der Waals surface area contributed by atoms with Crippen LogP contribution in [0.4, 0.5) is 8.78 Å². The second kappa shape index (κ2) is 8.42. The summed E-state index contributed by atoms with van der Waals surface area (Å²) in [4.78, 5) is 23.4. The van der Waals surface area contributed by atoms with E-state index in [1.807, 2.05) is 0 Å². The van der Waals surface area contributed by atoms with Crippen molar-refractivity contribution in [1.29, 1.82) is 0 Å². The molecule has 124 valence electrons. The molecule has 0 bridgehead atoms. The number of hydrogen-bond donors (Lipinski definition) is 2. The van der Waals surface area contributed by atoms with Crippen molar-refractivity contribution in [3.8, 4) is 5.75 Å². The van der Waals surface area contributed by atoms with Gasteiger partial charge in [0.1, 0.15) is 5.75 Å². The molecular weight excluding hydrogens is 318 g/mol. The molecule has 0 aliphatic rings. The van der Waals surface area contributed by atoms with Crippen molar-refractivity contribution in [2.24, 2.45) is 0 Å². The van der Waals surface area contributed by atoms with Crippen molar-refractivity contribution in [2.75, 3.05) is 0 Å². The Bertz CT molecular complexity index is 716. The number of ether oxygens (including phenoxy) is 1. The number of amides is 2. The van der Waals surface area contributed by atoms with Crippen LogP contribution in [-0.2, 0) is 4.79 Å². The molecule has 2 aromatic rings. The molecule has 0 heterocycles. The summed E-state index contributed by atoms with van der Waals surface area (Å²) in [5, 5.41) is 0. The molecule has 0 aliphatic carbocycles. The molecule has 0 saturated carbocycles.